The van der Waals surface area contributed by atoms with Crippen molar-refractivity contribution in [2.45, 2.75) is 45.4 Å². The minimum Gasteiger partial charge on any atom is -0.481 e. The van der Waals surface area contributed by atoms with Crippen molar-refractivity contribution in [1.82, 2.24) is 4.90 Å². The van der Waals surface area contributed by atoms with Gasteiger partial charge < -0.3 is 14.9 Å². The quantitative estimate of drug-likeness (QED) is 0.720. The number of carboxylic acids is 1. The molecule has 0 aromatic carbocycles. The largest absolute Gasteiger partial charge is 0.481 e. The lowest BCUT2D eigenvalue weighted by Gasteiger charge is -2.36. The minimum absolute atomic E-state index is 0.319. The van der Waals surface area contributed by atoms with E-state index in [0.29, 0.717) is 19.4 Å². The molecule has 0 aromatic rings. The summed E-state index contributed by atoms with van der Waals surface area (Å²) in [6, 6.07) is 0. The molecule has 98 valence electrons. The van der Waals surface area contributed by atoms with Gasteiger partial charge in [0.2, 0.25) is 0 Å². The molecular weight excluding hydrogens is 226 g/mol. The summed E-state index contributed by atoms with van der Waals surface area (Å²) < 4.78 is 5.11. The zero-order valence-electron chi connectivity index (χ0n) is 10.3. The molecule has 1 heterocycles. The number of piperidine rings is 1. The highest BCUT2D eigenvalue weighted by Gasteiger charge is 2.38. The SMILES string of the molecule is CC(C)(C)OC(=O)N1CCCC(C(=O)O)C1O. The van der Waals surface area contributed by atoms with Gasteiger partial charge in [-0.05, 0) is 33.6 Å². The third-order valence-corrected chi connectivity index (χ3v) is 2.54. The Balaban J connectivity index is 2.70. The summed E-state index contributed by atoms with van der Waals surface area (Å²) in [5.41, 5.74) is -0.660. The molecule has 1 amide bonds. The molecule has 1 aliphatic heterocycles. The molecule has 2 unspecified atom stereocenters. The van der Waals surface area contributed by atoms with E-state index >= 15 is 0 Å². The summed E-state index contributed by atoms with van der Waals surface area (Å²) in [5.74, 6) is -2.03. The van der Waals surface area contributed by atoms with Gasteiger partial charge in [-0.25, -0.2) is 4.79 Å². The van der Waals surface area contributed by atoms with Crippen LogP contribution >= 0.6 is 0 Å². The Morgan fingerprint density at radius 3 is 2.41 bits per heavy atom. The van der Waals surface area contributed by atoms with Crippen LogP contribution in [0.2, 0.25) is 0 Å². The van der Waals surface area contributed by atoms with Crippen LogP contribution in [-0.4, -0.2) is 45.5 Å². The Hall–Kier alpha value is -1.30. The second-order valence-corrected chi connectivity index (χ2v) is 5.17. The summed E-state index contributed by atoms with van der Waals surface area (Å²) in [7, 11) is 0. The van der Waals surface area contributed by atoms with Crippen LogP contribution in [-0.2, 0) is 9.53 Å². The predicted molar refractivity (Wildman–Crippen MR) is 59.3 cm³/mol. The summed E-state index contributed by atoms with van der Waals surface area (Å²) in [6.07, 6.45) is -1.06. The van der Waals surface area contributed by atoms with Crippen LogP contribution in [0, 0.1) is 5.92 Å². The number of aliphatic hydroxyl groups is 1. The summed E-state index contributed by atoms with van der Waals surface area (Å²) in [5, 5.41) is 18.7. The fourth-order valence-corrected chi connectivity index (χ4v) is 1.75. The number of hydrogen-bond acceptors (Lipinski definition) is 4. The number of hydrogen-bond donors (Lipinski definition) is 2. The molecule has 2 atom stereocenters. The first kappa shape index (κ1) is 13.8. The Bertz CT molecular complexity index is 309. The lowest BCUT2D eigenvalue weighted by Crippen LogP contribution is -2.52. The standard InChI is InChI=1S/C11H19NO5/c1-11(2,3)17-10(16)12-6-4-5-7(8(12)13)9(14)15/h7-8,13H,4-6H2,1-3H3,(H,14,15). The molecule has 0 bridgehead atoms. The minimum atomic E-state index is -1.31. The topological polar surface area (TPSA) is 87.1 Å². The first-order valence-corrected chi connectivity index (χ1v) is 5.63. The number of amides is 1. The average Bonchev–Trinajstić information content (AvgIpc) is 2.14. The van der Waals surface area contributed by atoms with Crippen molar-refractivity contribution < 1.29 is 24.5 Å². The molecule has 1 fully saturated rings. The molecule has 1 rings (SSSR count). The van der Waals surface area contributed by atoms with Crippen LogP contribution < -0.4 is 0 Å². The molecule has 0 spiro atoms. The van der Waals surface area contributed by atoms with E-state index in [1.165, 1.54) is 0 Å². The third kappa shape index (κ3) is 3.59. The number of aliphatic hydroxyl groups excluding tert-OH is 1. The van der Waals surface area contributed by atoms with E-state index < -0.39 is 29.8 Å². The van der Waals surface area contributed by atoms with Crippen LogP contribution in [0.1, 0.15) is 33.6 Å². The van der Waals surface area contributed by atoms with Crippen molar-refractivity contribution in [2.24, 2.45) is 5.92 Å². The Kier molecular flexibility index (Phi) is 3.98. The number of carbonyl (C=O) groups excluding carboxylic acids is 1. The summed E-state index contributed by atoms with van der Waals surface area (Å²) >= 11 is 0. The van der Waals surface area contributed by atoms with Gasteiger partial charge in [0.15, 0.2) is 0 Å². The van der Waals surface area contributed by atoms with Gasteiger partial charge in [-0.15, -0.1) is 0 Å². The highest BCUT2D eigenvalue weighted by atomic mass is 16.6. The molecule has 6 nitrogen and oxygen atoms in total. The van der Waals surface area contributed by atoms with E-state index in [4.69, 9.17) is 9.84 Å². The normalized spacial score (nSPS) is 25.5. The zero-order chi connectivity index (χ0) is 13.2. The highest BCUT2D eigenvalue weighted by Crippen LogP contribution is 2.24. The second kappa shape index (κ2) is 4.91. The van der Waals surface area contributed by atoms with Gasteiger partial charge in [0, 0.05) is 6.54 Å². The number of rotatable bonds is 1. The molecule has 1 saturated heterocycles. The van der Waals surface area contributed by atoms with Gasteiger partial charge in [0.25, 0.3) is 0 Å². The van der Waals surface area contributed by atoms with E-state index in [-0.39, 0.29) is 0 Å². The van der Waals surface area contributed by atoms with Crippen molar-refractivity contribution in [3.05, 3.63) is 0 Å². The number of carbonyl (C=O) groups is 2. The molecule has 2 N–H and O–H groups in total. The lowest BCUT2D eigenvalue weighted by atomic mass is 9.96. The van der Waals surface area contributed by atoms with E-state index in [1.54, 1.807) is 20.8 Å². The smallest absolute Gasteiger partial charge is 0.412 e. The molecular formula is C11H19NO5. The third-order valence-electron chi connectivity index (χ3n) is 2.54. The molecule has 0 aliphatic carbocycles. The van der Waals surface area contributed by atoms with E-state index in [1.807, 2.05) is 0 Å². The maximum Gasteiger partial charge on any atom is 0.412 e. The first-order chi connectivity index (χ1) is 7.72. The molecule has 0 saturated carbocycles. The molecule has 17 heavy (non-hydrogen) atoms. The molecule has 0 radical (unpaired) electrons. The Morgan fingerprint density at radius 2 is 1.94 bits per heavy atom. The van der Waals surface area contributed by atoms with E-state index in [0.717, 1.165) is 4.90 Å². The van der Waals surface area contributed by atoms with Crippen molar-refractivity contribution in [2.75, 3.05) is 6.54 Å². The van der Waals surface area contributed by atoms with Crippen molar-refractivity contribution in [3.8, 4) is 0 Å². The number of ether oxygens (including phenoxy) is 1. The van der Waals surface area contributed by atoms with Crippen LogP contribution in [0.5, 0.6) is 0 Å². The van der Waals surface area contributed by atoms with Gasteiger partial charge in [0.1, 0.15) is 17.7 Å². The van der Waals surface area contributed by atoms with Gasteiger partial charge in [-0.1, -0.05) is 0 Å². The van der Waals surface area contributed by atoms with E-state index in [2.05, 4.69) is 0 Å². The van der Waals surface area contributed by atoms with Gasteiger partial charge in [-0.3, -0.25) is 9.69 Å². The number of aliphatic carboxylic acids is 1. The second-order valence-electron chi connectivity index (χ2n) is 5.17. The van der Waals surface area contributed by atoms with Gasteiger partial charge in [-0.2, -0.15) is 0 Å². The Labute approximate surface area is 100 Å². The summed E-state index contributed by atoms with van der Waals surface area (Å²) in [4.78, 5) is 23.7. The zero-order valence-corrected chi connectivity index (χ0v) is 10.3. The summed E-state index contributed by atoms with van der Waals surface area (Å²) in [6.45, 7) is 5.47. The molecule has 1 aliphatic rings. The maximum absolute atomic E-state index is 11.7. The molecule has 0 aromatic heterocycles. The van der Waals surface area contributed by atoms with Crippen molar-refractivity contribution in [1.29, 1.82) is 0 Å². The number of nitrogens with zero attached hydrogens (tertiary/aromatic N) is 1. The fourth-order valence-electron chi connectivity index (χ4n) is 1.75. The molecule has 6 heteroatoms. The van der Waals surface area contributed by atoms with Gasteiger partial charge in [0.05, 0.1) is 0 Å². The monoisotopic (exact) mass is 245 g/mol. The highest BCUT2D eigenvalue weighted by molar-refractivity contribution is 5.73. The average molecular weight is 245 g/mol. The maximum atomic E-state index is 11.7. The predicted octanol–water partition coefficient (Wildman–Crippen LogP) is 1.04. The lowest BCUT2D eigenvalue weighted by molar-refractivity contribution is -0.154. The fraction of sp³-hybridized carbons (Fsp3) is 0.818. The number of carboxylic acid groups (broad SMARTS) is 1. The van der Waals surface area contributed by atoms with Crippen molar-refractivity contribution in [3.63, 3.8) is 0 Å². The Morgan fingerprint density at radius 1 is 1.35 bits per heavy atom. The van der Waals surface area contributed by atoms with Crippen LogP contribution in [0.15, 0.2) is 0 Å². The number of likely N-dealkylation sites (tertiary alicyclic amines) is 1. The first-order valence-electron chi connectivity index (χ1n) is 5.63. The van der Waals surface area contributed by atoms with Crippen LogP contribution in [0.4, 0.5) is 4.79 Å². The van der Waals surface area contributed by atoms with E-state index in [9.17, 15) is 14.7 Å². The van der Waals surface area contributed by atoms with Crippen molar-refractivity contribution >= 4 is 12.1 Å². The van der Waals surface area contributed by atoms with Crippen LogP contribution in [0.3, 0.4) is 0 Å². The van der Waals surface area contributed by atoms with Crippen LogP contribution in [0.25, 0.3) is 0 Å². The van der Waals surface area contributed by atoms with Gasteiger partial charge >= 0.3 is 12.1 Å².